The molecule has 0 aliphatic heterocycles. The van der Waals surface area contributed by atoms with Crippen LogP contribution in [-0.2, 0) is 0 Å². The summed E-state index contributed by atoms with van der Waals surface area (Å²) in [5, 5.41) is 9.97. The fourth-order valence-electron chi connectivity index (χ4n) is 1.27. The van der Waals surface area contributed by atoms with Crippen molar-refractivity contribution in [3.8, 4) is 0 Å². The van der Waals surface area contributed by atoms with Gasteiger partial charge in [0, 0.05) is 37.5 Å². The normalized spacial score (nSPS) is 11.4. The Labute approximate surface area is 102 Å². The molecule has 5 nitrogen and oxygen atoms in total. The Balaban J connectivity index is 2.63. The molecule has 0 fully saturated rings. The van der Waals surface area contributed by atoms with Crippen molar-refractivity contribution in [2.45, 2.75) is 19.9 Å². The predicted octanol–water partition coefficient (Wildman–Crippen LogP) is 1.35. The smallest absolute Gasteiger partial charge is 0.0862 e. The van der Waals surface area contributed by atoms with Crippen molar-refractivity contribution >= 4 is 17.8 Å². The van der Waals surface area contributed by atoms with Crippen LogP contribution in [0.5, 0.6) is 0 Å². The first-order valence-corrected chi connectivity index (χ1v) is 6.21. The lowest BCUT2D eigenvalue weighted by atomic mass is 10.4. The van der Waals surface area contributed by atoms with Crippen LogP contribution in [0.15, 0.2) is 12.4 Å². The third kappa shape index (κ3) is 3.70. The van der Waals surface area contributed by atoms with Crippen LogP contribution in [-0.4, -0.2) is 41.9 Å². The minimum absolute atomic E-state index is 0.382. The van der Waals surface area contributed by atoms with Gasteiger partial charge >= 0.3 is 0 Å². The lowest BCUT2D eigenvalue weighted by Gasteiger charge is -2.20. The first-order chi connectivity index (χ1) is 7.54. The molecule has 0 saturated heterocycles. The second-order valence-electron chi connectivity index (χ2n) is 4.28. The Morgan fingerprint density at radius 2 is 2.12 bits per heavy atom. The molecule has 16 heavy (non-hydrogen) atoms. The number of hydrogen-bond donors (Lipinski definition) is 1. The Morgan fingerprint density at radius 1 is 1.44 bits per heavy atom. The van der Waals surface area contributed by atoms with Crippen LogP contribution in [0, 0.1) is 0 Å². The van der Waals surface area contributed by atoms with E-state index in [1.54, 1.807) is 0 Å². The summed E-state index contributed by atoms with van der Waals surface area (Å²) in [6.45, 7) is 6.07. The van der Waals surface area contributed by atoms with Crippen molar-refractivity contribution in [1.82, 2.24) is 14.7 Å². The van der Waals surface area contributed by atoms with E-state index in [1.807, 2.05) is 21.4 Å². The zero-order chi connectivity index (χ0) is 12.1. The second kappa shape index (κ2) is 6.12. The number of aromatic nitrogens is 2. The highest BCUT2D eigenvalue weighted by Crippen LogP contribution is 2.19. The van der Waals surface area contributed by atoms with Crippen LogP contribution in [0.1, 0.15) is 19.9 Å². The molecule has 1 aromatic rings. The highest BCUT2D eigenvalue weighted by molar-refractivity contribution is 7.98. The van der Waals surface area contributed by atoms with Crippen molar-refractivity contribution in [2.24, 2.45) is 5.14 Å². The summed E-state index contributed by atoms with van der Waals surface area (Å²) in [5.74, 6) is 0. The molecule has 0 radical (unpaired) electrons. The number of anilines is 1. The average Bonchev–Trinajstić information content (AvgIpc) is 2.67. The fourth-order valence-corrected chi connectivity index (χ4v) is 1.68. The first-order valence-electron chi connectivity index (χ1n) is 5.38. The molecule has 0 unspecified atom stereocenters. The molecule has 0 aliphatic rings. The lowest BCUT2D eigenvalue weighted by molar-refractivity contribution is 0.421. The van der Waals surface area contributed by atoms with Crippen molar-refractivity contribution in [3.63, 3.8) is 0 Å². The number of nitrogens with zero attached hydrogens (tertiary/aromatic N) is 4. The van der Waals surface area contributed by atoms with E-state index < -0.39 is 0 Å². The van der Waals surface area contributed by atoms with Gasteiger partial charge in [0.25, 0.3) is 0 Å². The maximum absolute atomic E-state index is 5.66. The molecule has 0 saturated carbocycles. The topological polar surface area (TPSA) is 50.3 Å². The molecule has 92 valence electrons. The van der Waals surface area contributed by atoms with Gasteiger partial charge in [-0.1, -0.05) is 0 Å². The molecule has 6 heteroatoms. The number of nitrogens with two attached hydrogens (primary N) is 1. The van der Waals surface area contributed by atoms with Gasteiger partial charge in [-0.3, -0.25) is 14.1 Å². The minimum Gasteiger partial charge on any atom is -0.308 e. The number of rotatable bonds is 6. The van der Waals surface area contributed by atoms with E-state index in [-0.39, 0.29) is 0 Å². The summed E-state index contributed by atoms with van der Waals surface area (Å²) < 4.78 is 3.99. The predicted molar refractivity (Wildman–Crippen MR) is 70.3 cm³/mol. The average molecular weight is 243 g/mol. The molecule has 0 aliphatic carbocycles. The van der Waals surface area contributed by atoms with Gasteiger partial charge in [-0.05, 0) is 27.9 Å². The Hall–Kier alpha value is -0.720. The maximum Gasteiger partial charge on any atom is 0.0862 e. The summed E-state index contributed by atoms with van der Waals surface area (Å²) in [5.41, 5.74) is 1.06. The molecule has 0 spiro atoms. The summed E-state index contributed by atoms with van der Waals surface area (Å²) in [7, 11) is 4.10. The third-order valence-electron chi connectivity index (χ3n) is 2.28. The van der Waals surface area contributed by atoms with E-state index in [0.717, 1.165) is 18.8 Å². The molecule has 1 heterocycles. The highest BCUT2D eigenvalue weighted by Gasteiger charge is 2.09. The highest BCUT2D eigenvalue weighted by atomic mass is 32.2. The molecule has 0 atom stereocenters. The number of likely N-dealkylation sites (N-methyl/N-ethyl adjacent to an activating group) is 1. The van der Waals surface area contributed by atoms with E-state index in [4.69, 9.17) is 5.14 Å². The third-order valence-corrected chi connectivity index (χ3v) is 2.93. The van der Waals surface area contributed by atoms with Crippen LogP contribution >= 0.6 is 12.1 Å². The fraction of sp³-hybridized carbons (Fsp3) is 0.700. The van der Waals surface area contributed by atoms with Crippen molar-refractivity contribution in [3.05, 3.63) is 12.4 Å². The van der Waals surface area contributed by atoms with Gasteiger partial charge in [-0.2, -0.15) is 5.10 Å². The summed E-state index contributed by atoms with van der Waals surface area (Å²) >= 11 is 1.24. The standard InChI is InChI=1S/C10H21N5S/c1-9(2)14-8-10(7-12-14)15(16-11)6-5-13(3)4/h7-9H,5-6,11H2,1-4H3. The SMILES string of the molecule is CC(C)n1cc(N(CCN(C)C)SN)cn1. The van der Waals surface area contributed by atoms with E-state index in [2.05, 4.69) is 37.9 Å². The maximum atomic E-state index is 5.66. The minimum atomic E-state index is 0.382. The summed E-state index contributed by atoms with van der Waals surface area (Å²) in [4.78, 5) is 2.14. The second-order valence-corrected chi connectivity index (χ2v) is 4.93. The van der Waals surface area contributed by atoms with E-state index in [9.17, 15) is 0 Å². The van der Waals surface area contributed by atoms with Gasteiger partial charge < -0.3 is 4.90 Å². The van der Waals surface area contributed by atoms with Gasteiger partial charge in [-0.15, -0.1) is 0 Å². The van der Waals surface area contributed by atoms with E-state index in [1.165, 1.54) is 12.1 Å². The van der Waals surface area contributed by atoms with E-state index >= 15 is 0 Å². The molecule has 1 aromatic heterocycles. The van der Waals surface area contributed by atoms with Crippen molar-refractivity contribution in [1.29, 1.82) is 0 Å². The number of hydrogen-bond acceptors (Lipinski definition) is 5. The van der Waals surface area contributed by atoms with E-state index in [0.29, 0.717) is 6.04 Å². The van der Waals surface area contributed by atoms with Gasteiger partial charge in [-0.25, -0.2) is 0 Å². The molecular weight excluding hydrogens is 222 g/mol. The Bertz CT molecular complexity index is 310. The summed E-state index contributed by atoms with van der Waals surface area (Å²) in [6, 6.07) is 0.382. The Morgan fingerprint density at radius 3 is 2.56 bits per heavy atom. The molecular formula is C10H21N5S. The quantitative estimate of drug-likeness (QED) is 0.764. The van der Waals surface area contributed by atoms with Crippen molar-refractivity contribution < 1.29 is 0 Å². The van der Waals surface area contributed by atoms with Crippen LogP contribution in [0.3, 0.4) is 0 Å². The molecule has 2 N–H and O–H groups in total. The largest absolute Gasteiger partial charge is 0.308 e. The van der Waals surface area contributed by atoms with Crippen molar-refractivity contribution in [2.75, 3.05) is 31.5 Å². The van der Waals surface area contributed by atoms with Crippen LogP contribution in [0.4, 0.5) is 5.69 Å². The van der Waals surface area contributed by atoms with Crippen LogP contribution < -0.4 is 9.44 Å². The molecule has 0 amide bonds. The van der Waals surface area contributed by atoms with Crippen LogP contribution in [0.2, 0.25) is 0 Å². The zero-order valence-corrected chi connectivity index (χ0v) is 11.2. The van der Waals surface area contributed by atoms with Gasteiger partial charge in [0.2, 0.25) is 0 Å². The zero-order valence-electron chi connectivity index (χ0n) is 10.4. The lowest BCUT2D eigenvalue weighted by Crippen LogP contribution is -2.27. The molecule has 1 rings (SSSR count). The van der Waals surface area contributed by atoms with Crippen LogP contribution in [0.25, 0.3) is 0 Å². The molecule has 0 bridgehead atoms. The molecule has 0 aromatic carbocycles. The Kier molecular flexibility index (Phi) is 5.11. The monoisotopic (exact) mass is 243 g/mol. The first kappa shape index (κ1) is 13.3. The van der Waals surface area contributed by atoms with Gasteiger partial charge in [0.1, 0.15) is 0 Å². The van der Waals surface area contributed by atoms with Gasteiger partial charge in [0.05, 0.1) is 11.9 Å². The van der Waals surface area contributed by atoms with Gasteiger partial charge in [0.15, 0.2) is 0 Å². The summed E-state index contributed by atoms with van der Waals surface area (Å²) in [6.07, 6.45) is 3.88.